The van der Waals surface area contributed by atoms with Crippen molar-refractivity contribution in [2.45, 2.75) is 13.0 Å². The van der Waals surface area contributed by atoms with Gasteiger partial charge >= 0.3 is 5.91 Å². The molecule has 0 N–H and O–H groups in total. The quantitative estimate of drug-likeness (QED) is 0.443. The van der Waals surface area contributed by atoms with E-state index in [9.17, 15) is 9.59 Å². The van der Waals surface area contributed by atoms with E-state index in [0.717, 1.165) is 11.1 Å². The van der Waals surface area contributed by atoms with Crippen molar-refractivity contribution in [2.75, 3.05) is 20.4 Å². The summed E-state index contributed by atoms with van der Waals surface area (Å²) in [4.78, 5) is 26.4. The van der Waals surface area contributed by atoms with Crippen LogP contribution in [0.25, 0.3) is 0 Å². The molecule has 0 aromatic heterocycles. The summed E-state index contributed by atoms with van der Waals surface area (Å²) >= 11 is 0. The van der Waals surface area contributed by atoms with Crippen molar-refractivity contribution in [1.82, 2.24) is 0 Å². The number of fused-ring (bicyclic) bond motifs is 1. The molecular weight excluding hydrogens is 378 g/mol. The lowest BCUT2D eigenvalue weighted by molar-refractivity contribution is -0.839. The van der Waals surface area contributed by atoms with Gasteiger partial charge in [-0.05, 0) is 23.8 Å². The summed E-state index contributed by atoms with van der Waals surface area (Å²) < 4.78 is 10.8. The van der Waals surface area contributed by atoms with E-state index in [1.165, 1.54) is 0 Å². The van der Waals surface area contributed by atoms with Gasteiger partial charge in [-0.3, -0.25) is 9.28 Å². The fraction of sp³-hybridized carbons (Fsp3) is 0.200. The van der Waals surface area contributed by atoms with Crippen LogP contribution in [0.1, 0.15) is 21.5 Å². The number of amides is 1. The number of rotatable bonds is 7. The second kappa shape index (κ2) is 8.51. The van der Waals surface area contributed by atoms with Crippen molar-refractivity contribution in [2.24, 2.45) is 0 Å². The van der Waals surface area contributed by atoms with Gasteiger partial charge in [-0.1, -0.05) is 60.7 Å². The number of ketones is 1. The highest BCUT2D eigenvalue weighted by molar-refractivity contribution is 5.97. The first-order valence-electron chi connectivity index (χ1n) is 9.92. The SMILES string of the molecule is C[N+](CC(=O)c1ccccc1)(Cc1ccc2c(c1)OCO2)C(=O)Cc1ccccc1. The van der Waals surface area contributed by atoms with Crippen LogP contribution in [0.15, 0.2) is 78.9 Å². The number of carbonyl (C=O) groups is 2. The average molecular weight is 402 g/mol. The van der Waals surface area contributed by atoms with Crippen molar-refractivity contribution in [1.29, 1.82) is 0 Å². The van der Waals surface area contributed by atoms with E-state index in [1.54, 1.807) is 12.1 Å². The van der Waals surface area contributed by atoms with Crippen LogP contribution in [0.5, 0.6) is 11.5 Å². The maximum absolute atomic E-state index is 13.4. The maximum atomic E-state index is 13.4. The minimum Gasteiger partial charge on any atom is -0.454 e. The predicted octanol–water partition coefficient (Wildman–Crippen LogP) is 4.01. The molecule has 5 nitrogen and oxygen atoms in total. The van der Waals surface area contributed by atoms with Crippen molar-refractivity contribution in [3.05, 3.63) is 95.6 Å². The number of carbonyl (C=O) groups excluding carboxylic acids is 2. The summed E-state index contributed by atoms with van der Waals surface area (Å²) in [7, 11) is 1.83. The third-order valence-electron chi connectivity index (χ3n) is 5.36. The number of hydrogen-bond donors (Lipinski definition) is 0. The van der Waals surface area contributed by atoms with Gasteiger partial charge in [0.15, 0.2) is 11.5 Å². The van der Waals surface area contributed by atoms with Crippen LogP contribution in [0.4, 0.5) is 0 Å². The van der Waals surface area contributed by atoms with Crippen molar-refractivity contribution in [3.8, 4) is 11.5 Å². The third-order valence-corrected chi connectivity index (χ3v) is 5.36. The molecule has 1 amide bonds. The van der Waals surface area contributed by atoms with Crippen LogP contribution in [-0.4, -0.2) is 36.6 Å². The zero-order valence-electron chi connectivity index (χ0n) is 16.9. The van der Waals surface area contributed by atoms with E-state index in [-0.39, 0.29) is 35.9 Å². The molecule has 0 saturated heterocycles. The lowest BCUT2D eigenvalue weighted by Crippen LogP contribution is -2.52. The lowest BCUT2D eigenvalue weighted by Gasteiger charge is -2.31. The highest BCUT2D eigenvalue weighted by Crippen LogP contribution is 2.33. The molecule has 152 valence electrons. The molecule has 1 heterocycles. The van der Waals surface area contributed by atoms with Crippen LogP contribution in [0.2, 0.25) is 0 Å². The molecule has 0 saturated carbocycles. The van der Waals surface area contributed by atoms with Crippen molar-refractivity contribution >= 4 is 11.7 Å². The van der Waals surface area contributed by atoms with Crippen LogP contribution >= 0.6 is 0 Å². The van der Waals surface area contributed by atoms with Crippen LogP contribution in [0, 0.1) is 0 Å². The number of Topliss-reactive ketones (excluding diaryl/α,β-unsaturated/α-hetero) is 1. The van der Waals surface area contributed by atoms with E-state index in [2.05, 4.69) is 0 Å². The summed E-state index contributed by atoms with van der Waals surface area (Å²) in [6, 6.07) is 24.4. The first kappa shape index (κ1) is 19.9. The highest BCUT2D eigenvalue weighted by Gasteiger charge is 2.35. The Labute approximate surface area is 176 Å². The summed E-state index contributed by atoms with van der Waals surface area (Å²) in [6.45, 7) is 0.676. The van der Waals surface area contributed by atoms with Gasteiger partial charge in [-0.25, -0.2) is 4.79 Å². The number of ether oxygens (including phenoxy) is 2. The third kappa shape index (κ3) is 4.42. The molecule has 30 heavy (non-hydrogen) atoms. The van der Waals surface area contributed by atoms with Gasteiger partial charge in [0.2, 0.25) is 12.6 Å². The molecule has 0 spiro atoms. The summed E-state index contributed by atoms with van der Waals surface area (Å²) in [5.41, 5.74) is 2.47. The monoisotopic (exact) mass is 402 g/mol. The second-order valence-electron chi connectivity index (χ2n) is 7.75. The number of nitrogens with zero attached hydrogens (tertiary/aromatic N) is 1. The Balaban J connectivity index is 1.61. The predicted molar refractivity (Wildman–Crippen MR) is 113 cm³/mol. The smallest absolute Gasteiger partial charge is 0.318 e. The van der Waals surface area contributed by atoms with Crippen LogP contribution in [-0.2, 0) is 17.8 Å². The normalized spacial score (nSPS) is 14.2. The molecule has 0 aliphatic carbocycles. The van der Waals surface area contributed by atoms with Gasteiger partial charge in [-0.2, -0.15) is 0 Å². The van der Waals surface area contributed by atoms with Crippen LogP contribution < -0.4 is 9.47 Å². The minimum absolute atomic E-state index is 0.0110. The standard InChI is InChI=1S/C25H24NO4/c1-26(17-22(27)21-10-6-3-7-11-21,25(28)15-19-8-4-2-5-9-19)16-20-12-13-23-24(14-20)30-18-29-23/h2-14H,15-18H2,1H3/q+1. The van der Waals surface area contributed by atoms with Gasteiger partial charge in [0.1, 0.15) is 13.1 Å². The van der Waals surface area contributed by atoms with Crippen LogP contribution in [0.3, 0.4) is 0 Å². The number of likely N-dealkylation sites (N-methyl/N-ethyl adjacent to an activating group) is 1. The maximum Gasteiger partial charge on any atom is 0.318 e. The molecule has 1 aliphatic heterocycles. The van der Waals surface area contributed by atoms with Gasteiger partial charge < -0.3 is 9.47 Å². The van der Waals surface area contributed by atoms with Gasteiger partial charge in [0.25, 0.3) is 0 Å². The van der Waals surface area contributed by atoms with E-state index in [4.69, 9.17) is 9.47 Å². The Kier molecular flexibility index (Phi) is 5.63. The van der Waals surface area contributed by atoms with E-state index in [0.29, 0.717) is 23.6 Å². The van der Waals surface area contributed by atoms with Gasteiger partial charge in [-0.15, -0.1) is 0 Å². The Hall–Kier alpha value is -3.44. The lowest BCUT2D eigenvalue weighted by atomic mass is 10.1. The summed E-state index contributed by atoms with van der Waals surface area (Å²) in [6.07, 6.45) is 0.268. The molecule has 0 fully saturated rings. The minimum atomic E-state index is -0.0553. The average Bonchev–Trinajstić information content (AvgIpc) is 3.23. The molecule has 0 radical (unpaired) electrons. The fourth-order valence-electron chi connectivity index (χ4n) is 3.67. The molecule has 0 bridgehead atoms. The Morgan fingerprint density at radius 1 is 0.833 bits per heavy atom. The fourth-order valence-corrected chi connectivity index (χ4v) is 3.67. The molecule has 3 aromatic carbocycles. The zero-order valence-corrected chi connectivity index (χ0v) is 16.9. The van der Waals surface area contributed by atoms with Gasteiger partial charge in [0, 0.05) is 11.1 Å². The Morgan fingerprint density at radius 3 is 2.23 bits per heavy atom. The number of hydrogen-bond acceptors (Lipinski definition) is 4. The molecular formula is C25H24NO4+. The summed E-state index contributed by atoms with van der Waals surface area (Å²) in [5.74, 6) is 1.30. The van der Waals surface area contributed by atoms with E-state index in [1.807, 2.05) is 73.8 Å². The molecule has 1 unspecified atom stereocenters. The van der Waals surface area contributed by atoms with Crippen molar-refractivity contribution < 1.29 is 23.5 Å². The van der Waals surface area contributed by atoms with E-state index < -0.39 is 0 Å². The molecule has 5 heteroatoms. The Morgan fingerprint density at radius 2 is 1.50 bits per heavy atom. The van der Waals surface area contributed by atoms with E-state index >= 15 is 0 Å². The van der Waals surface area contributed by atoms with Gasteiger partial charge in [0.05, 0.1) is 13.5 Å². The largest absolute Gasteiger partial charge is 0.454 e. The highest BCUT2D eigenvalue weighted by atomic mass is 16.7. The Bertz CT molecular complexity index is 1050. The molecule has 1 aliphatic rings. The van der Waals surface area contributed by atoms with Crippen molar-refractivity contribution in [3.63, 3.8) is 0 Å². The molecule has 4 rings (SSSR count). The topological polar surface area (TPSA) is 52.6 Å². The first-order valence-corrected chi connectivity index (χ1v) is 9.92. The first-order chi connectivity index (χ1) is 14.5. The molecule has 3 aromatic rings. The number of quaternary nitrogens is 1. The summed E-state index contributed by atoms with van der Waals surface area (Å²) in [5, 5.41) is 0. The number of benzene rings is 3. The second-order valence-corrected chi connectivity index (χ2v) is 7.75. The zero-order chi connectivity index (χ0) is 21.0. The molecule has 1 atom stereocenters.